The second-order valence-electron chi connectivity index (χ2n) is 1.48. The predicted molar refractivity (Wildman–Crippen MR) is 29.8 cm³/mol. The van der Waals surface area contributed by atoms with Crippen LogP contribution in [-0.2, 0) is 0 Å². The van der Waals surface area contributed by atoms with Gasteiger partial charge in [0.2, 0.25) is 0 Å². The van der Waals surface area contributed by atoms with E-state index in [2.05, 4.69) is 6.42 Å². The van der Waals surface area contributed by atoms with Gasteiger partial charge in [-0.2, -0.15) is 0 Å². The molecule has 2 radical (unpaired) electrons. The highest BCUT2D eigenvalue weighted by molar-refractivity contribution is 6.21. The van der Waals surface area contributed by atoms with E-state index < -0.39 is 0 Å². The summed E-state index contributed by atoms with van der Waals surface area (Å²) in [5.74, 6) is 0. The number of rotatable bonds is 0. The minimum atomic E-state index is -0.0417. The molecule has 1 unspecified atom stereocenters. The summed E-state index contributed by atoms with van der Waals surface area (Å²) in [7, 11) is 1.91. The van der Waals surface area contributed by atoms with Crippen LogP contribution in [0.3, 0.4) is 0 Å². The number of hydrogen-bond acceptors (Lipinski definition) is 1. The first kappa shape index (κ1) is 4.98. The van der Waals surface area contributed by atoms with E-state index in [9.17, 15) is 0 Å². The van der Waals surface area contributed by atoms with Crippen LogP contribution in [0.2, 0.25) is 0 Å². The van der Waals surface area contributed by atoms with Crippen LogP contribution in [0.4, 0.5) is 0 Å². The van der Waals surface area contributed by atoms with Gasteiger partial charge in [-0.1, -0.05) is 17.7 Å². The molecule has 1 aliphatic rings. The van der Waals surface area contributed by atoms with Crippen molar-refractivity contribution in [2.45, 2.75) is 5.50 Å². The standard InChI is InChI=1S/C5H6ClN/c1-7-4-2-3-5(7)6/h2,4-5H,1H3. The first-order valence-corrected chi connectivity index (χ1v) is 2.53. The molecule has 38 valence electrons. The van der Waals surface area contributed by atoms with E-state index in [4.69, 9.17) is 11.6 Å². The normalized spacial score (nSPS) is 29.4. The van der Waals surface area contributed by atoms with Gasteiger partial charge in [0.1, 0.15) is 5.50 Å². The molecule has 0 bridgehead atoms. The van der Waals surface area contributed by atoms with Crippen LogP contribution >= 0.6 is 11.6 Å². The fraction of sp³-hybridized carbons (Fsp3) is 0.400. The minimum Gasteiger partial charge on any atom is -0.364 e. The second-order valence-corrected chi connectivity index (χ2v) is 1.90. The highest BCUT2D eigenvalue weighted by Crippen LogP contribution is 2.12. The molecule has 0 fully saturated rings. The third-order valence-electron chi connectivity index (χ3n) is 0.901. The molecular weight excluding hydrogens is 110 g/mol. The zero-order chi connectivity index (χ0) is 5.28. The van der Waals surface area contributed by atoms with Crippen LogP contribution in [0.5, 0.6) is 0 Å². The smallest absolute Gasteiger partial charge is 0.114 e. The van der Waals surface area contributed by atoms with Crippen molar-refractivity contribution in [2.75, 3.05) is 7.05 Å². The van der Waals surface area contributed by atoms with Crippen LogP contribution in [-0.4, -0.2) is 17.4 Å². The molecule has 0 aliphatic carbocycles. The summed E-state index contributed by atoms with van der Waals surface area (Å²) in [5.41, 5.74) is -0.0417. The quantitative estimate of drug-likeness (QED) is 0.338. The summed E-state index contributed by atoms with van der Waals surface area (Å²) in [4.78, 5) is 1.88. The monoisotopic (exact) mass is 115 g/mol. The average Bonchev–Trinajstić information content (AvgIpc) is 1.91. The Balaban J connectivity index is 2.45. The molecule has 1 aliphatic heterocycles. The largest absolute Gasteiger partial charge is 0.364 e. The van der Waals surface area contributed by atoms with E-state index in [1.165, 1.54) is 0 Å². The Hall–Kier alpha value is -0.170. The lowest BCUT2D eigenvalue weighted by Gasteiger charge is -2.11. The summed E-state index contributed by atoms with van der Waals surface area (Å²) >= 11 is 5.61. The fourth-order valence-electron chi connectivity index (χ4n) is 0.433. The average molecular weight is 116 g/mol. The number of nitrogens with zero attached hydrogens (tertiary/aromatic N) is 1. The molecular formula is C5H6ClN. The number of hydrogen-bond donors (Lipinski definition) is 0. The summed E-state index contributed by atoms with van der Waals surface area (Å²) in [6.45, 7) is 0. The Morgan fingerprint density at radius 3 is 2.71 bits per heavy atom. The first-order chi connectivity index (χ1) is 3.30. The van der Waals surface area contributed by atoms with Crippen LogP contribution in [0, 0.1) is 6.42 Å². The highest BCUT2D eigenvalue weighted by atomic mass is 35.5. The minimum absolute atomic E-state index is 0.0417. The predicted octanol–water partition coefficient (Wildman–Crippen LogP) is 1.09. The van der Waals surface area contributed by atoms with Gasteiger partial charge in [-0.05, 0) is 6.20 Å². The molecule has 0 N–H and O–H groups in total. The van der Waals surface area contributed by atoms with E-state index in [0.717, 1.165) is 0 Å². The SMILES string of the molecule is CN1C=C[C]C1Cl. The van der Waals surface area contributed by atoms with Crippen molar-refractivity contribution in [3.05, 3.63) is 18.7 Å². The molecule has 2 heteroatoms. The van der Waals surface area contributed by atoms with Gasteiger partial charge < -0.3 is 4.90 Å². The summed E-state index contributed by atoms with van der Waals surface area (Å²) in [6, 6.07) is 0. The van der Waals surface area contributed by atoms with E-state index in [1.807, 2.05) is 24.2 Å². The van der Waals surface area contributed by atoms with Crippen molar-refractivity contribution in [2.24, 2.45) is 0 Å². The van der Waals surface area contributed by atoms with Crippen molar-refractivity contribution < 1.29 is 0 Å². The van der Waals surface area contributed by atoms with Gasteiger partial charge in [-0.3, -0.25) is 0 Å². The van der Waals surface area contributed by atoms with Crippen molar-refractivity contribution in [3.63, 3.8) is 0 Å². The lowest BCUT2D eigenvalue weighted by Crippen LogP contribution is -2.15. The highest BCUT2D eigenvalue weighted by Gasteiger charge is 2.10. The van der Waals surface area contributed by atoms with E-state index >= 15 is 0 Å². The second kappa shape index (κ2) is 1.74. The molecule has 0 amide bonds. The molecule has 7 heavy (non-hydrogen) atoms. The summed E-state index contributed by atoms with van der Waals surface area (Å²) in [6.07, 6.45) is 6.58. The fourth-order valence-corrected chi connectivity index (χ4v) is 0.571. The molecule has 1 nitrogen and oxygen atoms in total. The number of alkyl halides is 1. The van der Waals surface area contributed by atoms with Crippen LogP contribution in [0.25, 0.3) is 0 Å². The van der Waals surface area contributed by atoms with Gasteiger partial charge in [-0.15, -0.1) is 0 Å². The maximum absolute atomic E-state index is 5.61. The Labute approximate surface area is 48.6 Å². The molecule has 1 atom stereocenters. The lowest BCUT2D eigenvalue weighted by atomic mass is 10.5. The lowest BCUT2D eigenvalue weighted by molar-refractivity contribution is 0.482. The Morgan fingerprint density at radius 1 is 1.86 bits per heavy atom. The van der Waals surface area contributed by atoms with E-state index in [-0.39, 0.29) is 5.50 Å². The number of halogens is 1. The van der Waals surface area contributed by atoms with Crippen molar-refractivity contribution >= 4 is 11.6 Å². The maximum atomic E-state index is 5.61. The zero-order valence-corrected chi connectivity index (χ0v) is 4.81. The molecule has 0 aromatic carbocycles. The van der Waals surface area contributed by atoms with Crippen molar-refractivity contribution in [1.29, 1.82) is 0 Å². The summed E-state index contributed by atoms with van der Waals surface area (Å²) < 4.78 is 0. The topological polar surface area (TPSA) is 3.24 Å². The molecule has 0 aromatic heterocycles. The maximum Gasteiger partial charge on any atom is 0.114 e. The molecule has 0 saturated heterocycles. The molecule has 0 aromatic rings. The van der Waals surface area contributed by atoms with E-state index in [1.54, 1.807) is 0 Å². The Morgan fingerprint density at radius 2 is 2.57 bits per heavy atom. The Bertz CT molecular complexity index is 90.1. The van der Waals surface area contributed by atoms with Gasteiger partial charge in [0, 0.05) is 7.05 Å². The van der Waals surface area contributed by atoms with Crippen LogP contribution < -0.4 is 0 Å². The van der Waals surface area contributed by atoms with Crippen molar-refractivity contribution in [1.82, 2.24) is 4.90 Å². The Kier molecular flexibility index (Phi) is 1.24. The summed E-state index contributed by atoms with van der Waals surface area (Å²) in [5, 5.41) is 0. The first-order valence-electron chi connectivity index (χ1n) is 2.09. The van der Waals surface area contributed by atoms with Gasteiger partial charge >= 0.3 is 0 Å². The zero-order valence-electron chi connectivity index (χ0n) is 4.06. The third-order valence-corrected chi connectivity index (χ3v) is 1.33. The van der Waals surface area contributed by atoms with E-state index in [0.29, 0.717) is 0 Å². The van der Waals surface area contributed by atoms with Crippen LogP contribution in [0.15, 0.2) is 12.3 Å². The van der Waals surface area contributed by atoms with Gasteiger partial charge in [0.25, 0.3) is 0 Å². The molecule has 0 spiro atoms. The molecule has 1 heterocycles. The van der Waals surface area contributed by atoms with Gasteiger partial charge in [-0.25, -0.2) is 0 Å². The van der Waals surface area contributed by atoms with Crippen molar-refractivity contribution in [3.8, 4) is 0 Å². The molecule has 1 rings (SSSR count). The van der Waals surface area contributed by atoms with Gasteiger partial charge in [0.05, 0.1) is 6.42 Å². The third kappa shape index (κ3) is 0.885. The molecule has 0 saturated carbocycles. The van der Waals surface area contributed by atoms with Crippen LogP contribution in [0.1, 0.15) is 0 Å². The van der Waals surface area contributed by atoms with Gasteiger partial charge in [0.15, 0.2) is 0 Å².